The highest BCUT2D eigenvalue weighted by atomic mass is 16.2. The minimum absolute atomic E-state index is 0.0846. The standard InChI is InChI=1S/C13H24N2O/c1-10(2)8-12-13(16)15(9-14-12)7-6-11-4-3-5-11/h10-12,14H,3-9H2,1-2H3. The second-order valence-corrected chi connectivity index (χ2v) is 5.73. The van der Waals surface area contributed by atoms with Crippen molar-refractivity contribution in [3.63, 3.8) is 0 Å². The van der Waals surface area contributed by atoms with Crippen LogP contribution in [0.25, 0.3) is 0 Å². The Hall–Kier alpha value is -0.570. The van der Waals surface area contributed by atoms with Crippen LogP contribution >= 0.6 is 0 Å². The monoisotopic (exact) mass is 224 g/mol. The second kappa shape index (κ2) is 5.17. The summed E-state index contributed by atoms with van der Waals surface area (Å²) < 4.78 is 0. The van der Waals surface area contributed by atoms with Crippen molar-refractivity contribution >= 4 is 5.91 Å². The predicted octanol–water partition coefficient (Wildman–Crippen LogP) is 1.98. The van der Waals surface area contributed by atoms with Crippen molar-refractivity contribution in [2.75, 3.05) is 13.2 Å². The van der Waals surface area contributed by atoms with Crippen LogP contribution in [-0.2, 0) is 4.79 Å². The maximum absolute atomic E-state index is 12.0. The van der Waals surface area contributed by atoms with E-state index in [0.29, 0.717) is 11.8 Å². The van der Waals surface area contributed by atoms with E-state index in [1.165, 1.54) is 25.7 Å². The molecule has 0 spiro atoms. The molecule has 1 unspecified atom stereocenters. The number of hydrogen-bond acceptors (Lipinski definition) is 2. The van der Waals surface area contributed by atoms with Gasteiger partial charge in [0.1, 0.15) is 0 Å². The first kappa shape index (κ1) is 11.9. The van der Waals surface area contributed by atoms with Gasteiger partial charge in [-0.25, -0.2) is 0 Å². The van der Waals surface area contributed by atoms with Crippen molar-refractivity contribution in [3.8, 4) is 0 Å². The van der Waals surface area contributed by atoms with Crippen molar-refractivity contribution in [3.05, 3.63) is 0 Å². The average Bonchev–Trinajstić information content (AvgIpc) is 2.46. The molecule has 0 aromatic carbocycles. The fourth-order valence-electron chi connectivity index (χ4n) is 2.57. The Bertz CT molecular complexity index is 248. The van der Waals surface area contributed by atoms with Crippen molar-refractivity contribution in [1.29, 1.82) is 0 Å². The number of nitrogens with zero attached hydrogens (tertiary/aromatic N) is 1. The molecular formula is C13H24N2O. The van der Waals surface area contributed by atoms with Crippen molar-refractivity contribution in [2.45, 2.75) is 52.0 Å². The first-order valence-electron chi connectivity index (χ1n) is 6.69. The predicted molar refractivity (Wildman–Crippen MR) is 64.9 cm³/mol. The molecule has 3 heteroatoms. The topological polar surface area (TPSA) is 32.3 Å². The summed E-state index contributed by atoms with van der Waals surface area (Å²) in [4.78, 5) is 14.0. The van der Waals surface area contributed by atoms with E-state index in [9.17, 15) is 4.79 Å². The quantitative estimate of drug-likeness (QED) is 0.774. The number of nitrogens with one attached hydrogen (secondary N) is 1. The van der Waals surface area contributed by atoms with Gasteiger partial charge in [0.05, 0.1) is 12.7 Å². The van der Waals surface area contributed by atoms with Crippen molar-refractivity contribution in [2.24, 2.45) is 11.8 Å². The summed E-state index contributed by atoms with van der Waals surface area (Å²) >= 11 is 0. The maximum atomic E-state index is 12.0. The largest absolute Gasteiger partial charge is 0.329 e. The average molecular weight is 224 g/mol. The Balaban J connectivity index is 1.72. The molecule has 16 heavy (non-hydrogen) atoms. The van der Waals surface area contributed by atoms with Crippen LogP contribution in [0.15, 0.2) is 0 Å². The van der Waals surface area contributed by atoms with E-state index in [1.807, 2.05) is 4.90 Å². The minimum atomic E-state index is 0.0846. The highest BCUT2D eigenvalue weighted by molar-refractivity contribution is 5.83. The van der Waals surface area contributed by atoms with Gasteiger partial charge < -0.3 is 4.90 Å². The normalized spacial score (nSPS) is 26.6. The van der Waals surface area contributed by atoms with Gasteiger partial charge in [-0.2, -0.15) is 0 Å². The maximum Gasteiger partial charge on any atom is 0.240 e. The molecule has 1 heterocycles. The van der Waals surface area contributed by atoms with Crippen molar-refractivity contribution in [1.82, 2.24) is 10.2 Å². The molecule has 1 saturated heterocycles. The van der Waals surface area contributed by atoms with Gasteiger partial charge in [-0.3, -0.25) is 10.1 Å². The Morgan fingerprint density at radius 1 is 1.44 bits per heavy atom. The third kappa shape index (κ3) is 2.76. The second-order valence-electron chi connectivity index (χ2n) is 5.73. The van der Waals surface area contributed by atoms with Crippen LogP contribution in [0, 0.1) is 11.8 Å². The highest BCUT2D eigenvalue weighted by Gasteiger charge is 2.31. The summed E-state index contributed by atoms with van der Waals surface area (Å²) in [7, 11) is 0. The van der Waals surface area contributed by atoms with E-state index in [0.717, 1.165) is 25.6 Å². The number of amides is 1. The number of carbonyl (C=O) groups excluding carboxylic acids is 1. The lowest BCUT2D eigenvalue weighted by Crippen LogP contribution is -2.33. The van der Waals surface area contributed by atoms with Crippen LogP contribution < -0.4 is 5.32 Å². The first-order chi connectivity index (χ1) is 7.66. The van der Waals surface area contributed by atoms with E-state index in [4.69, 9.17) is 0 Å². The first-order valence-corrected chi connectivity index (χ1v) is 6.69. The van der Waals surface area contributed by atoms with Crippen LogP contribution in [-0.4, -0.2) is 30.1 Å². The van der Waals surface area contributed by atoms with Gasteiger partial charge in [-0.05, 0) is 24.7 Å². The lowest BCUT2D eigenvalue weighted by Gasteiger charge is -2.27. The molecule has 1 aliphatic heterocycles. The van der Waals surface area contributed by atoms with Crippen LogP contribution in [0.1, 0.15) is 46.0 Å². The van der Waals surface area contributed by atoms with E-state index >= 15 is 0 Å². The highest BCUT2D eigenvalue weighted by Crippen LogP contribution is 2.29. The molecule has 1 saturated carbocycles. The Morgan fingerprint density at radius 3 is 2.75 bits per heavy atom. The summed E-state index contributed by atoms with van der Waals surface area (Å²) in [5.41, 5.74) is 0. The van der Waals surface area contributed by atoms with Crippen LogP contribution in [0.4, 0.5) is 0 Å². The van der Waals surface area contributed by atoms with Crippen molar-refractivity contribution < 1.29 is 4.79 Å². The summed E-state index contributed by atoms with van der Waals surface area (Å²) in [6.45, 7) is 6.08. The van der Waals surface area contributed by atoms with E-state index in [-0.39, 0.29) is 6.04 Å². The van der Waals surface area contributed by atoms with Gasteiger partial charge in [0.15, 0.2) is 0 Å². The minimum Gasteiger partial charge on any atom is -0.329 e. The SMILES string of the molecule is CC(C)CC1NCN(CCC2CCC2)C1=O. The molecule has 3 nitrogen and oxygen atoms in total. The number of hydrogen-bond donors (Lipinski definition) is 1. The van der Waals surface area contributed by atoms with Gasteiger partial charge >= 0.3 is 0 Å². The van der Waals surface area contributed by atoms with E-state index in [2.05, 4.69) is 19.2 Å². The number of carbonyl (C=O) groups is 1. The molecule has 92 valence electrons. The summed E-state index contributed by atoms with van der Waals surface area (Å²) in [6, 6.07) is 0.0846. The van der Waals surface area contributed by atoms with Gasteiger partial charge in [0.25, 0.3) is 0 Å². The van der Waals surface area contributed by atoms with E-state index in [1.54, 1.807) is 0 Å². The summed E-state index contributed by atoms with van der Waals surface area (Å²) in [6.07, 6.45) is 6.34. The molecule has 1 amide bonds. The molecule has 2 fully saturated rings. The molecule has 0 aromatic heterocycles. The molecule has 0 aromatic rings. The number of rotatable bonds is 5. The third-order valence-corrected chi connectivity index (χ3v) is 3.88. The van der Waals surface area contributed by atoms with Crippen LogP contribution in [0.5, 0.6) is 0 Å². The molecule has 1 atom stereocenters. The lowest BCUT2D eigenvalue weighted by molar-refractivity contribution is -0.129. The fourth-order valence-corrected chi connectivity index (χ4v) is 2.57. The van der Waals surface area contributed by atoms with E-state index < -0.39 is 0 Å². The summed E-state index contributed by atoms with van der Waals surface area (Å²) in [5, 5.41) is 3.32. The van der Waals surface area contributed by atoms with Gasteiger partial charge in [-0.1, -0.05) is 33.1 Å². The van der Waals surface area contributed by atoms with Crippen LogP contribution in [0.3, 0.4) is 0 Å². The molecular weight excluding hydrogens is 200 g/mol. The molecule has 0 bridgehead atoms. The molecule has 1 N–H and O–H groups in total. The zero-order chi connectivity index (χ0) is 11.5. The molecule has 0 radical (unpaired) electrons. The zero-order valence-electron chi connectivity index (χ0n) is 10.5. The molecule has 2 aliphatic rings. The Morgan fingerprint density at radius 2 is 2.19 bits per heavy atom. The third-order valence-electron chi connectivity index (χ3n) is 3.88. The van der Waals surface area contributed by atoms with Crippen LogP contribution in [0.2, 0.25) is 0 Å². The van der Waals surface area contributed by atoms with Gasteiger partial charge in [0.2, 0.25) is 5.91 Å². The molecule has 1 aliphatic carbocycles. The van der Waals surface area contributed by atoms with Gasteiger partial charge in [-0.15, -0.1) is 0 Å². The fraction of sp³-hybridized carbons (Fsp3) is 0.923. The van der Waals surface area contributed by atoms with Gasteiger partial charge in [0, 0.05) is 6.54 Å². The molecule has 2 rings (SSSR count). The zero-order valence-corrected chi connectivity index (χ0v) is 10.5. The lowest BCUT2D eigenvalue weighted by atomic mass is 9.83. The summed E-state index contributed by atoms with van der Waals surface area (Å²) in [5.74, 6) is 1.82. The Labute approximate surface area is 98.6 Å². The Kier molecular flexibility index (Phi) is 3.85. The smallest absolute Gasteiger partial charge is 0.240 e.